The first-order chi connectivity index (χ1) is 7.53. The Morgan fingerprint density at radius 3 is 2.56 bits per heavy atom. The molecule has 1 saturated carbocycles. The third kappa shape index (κ3) is 2.02. The van der Waals surface area contributed by atoms with Gasteiger partial charge in [-0.25, -0.2) is 0 Å². The summed E-state index contributed by atoms with van der Waals surface area (Å²) in [6.45, 7) is 10.3. The molecule has 2 atom stereocenters. The quantitative estimate of drug-likeness (QED) is 0.779. The standard InChI is InChI=1S/C14H27NO/c1-5-14(6-2)10-15-11-8-7-9-13(3,4)12(11)16-14/h11-12,15H,5-10H2,1-4H3. The highest BCUT2D eigenvalue weighted by Crippen LogP contribution is 2.42. The number of hydrogen-bond acceptors (Lipinski definition) is 2. The molecule has 0 spiro atoms. The van der Waals surface area contributed by atoms with E-state index < -0.39 is 0 Å². The Morgan fingerprint density at radius 1 is 1.25 bits per heavy atom. The van der Waals surface area contributed by atoms with Gasteiger partial charge in [-0.05, 0) is 31.1 Å². The Morgan fingerprint density at radius 2 is 1.94 bits per heavy atom. The van der Waals surface area contributed by atoms with Crippen molar-refractivity contribution in [3.8, 4) is 0 Å². The molecule has 1 aliphatic carbocycles. The van der Waals surface area contributed by atoms with Crippen molar-refractivity contribution in [2.45, 2.75) is 77.5 Å². The highest BCUT2D eigenvalue weighted by molar-refractivity contribution is 5.00. The van der Waals surface area contributed by atoms with Crippen LogP contribution in [0.25, 0.3) is 0 Å². The van der Waals surface area contributed by atoms with Crippen LogP contribution in [-0.2, 0) is 4.74 Å². The first-order valence-electron chi connectivity index (χ1n) is 6.94. The van der Waals surface area contributed by atoms with Crippen molar-refractivity contribution in [3.05, 3.63) is 0 Å². The van der Waals surface area contributed by atoms with E-state index in [9.17, 15) is 0 Å². The second-order valence-corrected chi connectivity index (χ2v) is 6.30. The van der Waals surface area contributed by atoms with Gasteiger partial charge in [-0.3, -0.25) is 0 Å². The maximum atomic E-state index is 6.53. The zero-order chi connectivity index (χ0) is 11.8. The van der Waals surface area contributed by atoms with Crippen molar-refractivity contribution < 1.29 is 4.74 Å². The van der Waals surface area contributed by atoms with Gasteiger partial charge in [-0.15, -0.1) is 0 Å². The van der Waals surface area contributed by atoms with Crippen LogP contribution in [0.4, 0.5) is 0 Å². The molecule has 1 heterocycles. The highest BCUT2D eigenvalue weighted by Gasteiger charge is 2.47. The number of fused-ring (bicyclic) bond motifs is 1. The van der Waals surface area contributed by atoms with Crippen LogP contribution in [0.2, 0.25) is 0 Å². The summed E-state index contributed by atoms with van der Waals surface area (Å²) in [6.07, 6.45) is 6.59. The van der Waals surface area contributed by atoms with Gasteiger partial charge in [0.1, 0.15) is 0 Å². The lowest BCUT2D eigenvalue weighted by Crippen LogP contribution is -2.63. The monoisotopic (exact) mass is 225 g/mol. The minimum absolute atomic E-state index is 0.0930. The lowest BCUT2D eigenvalue weighted by molar-refractivity contribution is -0.188. The second-order valence-electron chi connectivity index (χ2n) is 6.30. The third-order valence-electron chi connectivity index (χ3n) is 4.82. The maximum Gasteiger partial charge on any atom is 0.0806 e. The van der Waals surface area contributed by atoms with Gasteiger partial charge in [0, 0.05) is 12.6 Å². The molecule has 2 rings (SSSR count). The molecule has 2 heteroatoms. The van der Waals surface area contributed by atoms with E-state index in [1.54, 1.807) is 0 Å². The van der Waals surface area contributed by atoms with Crippen LogP contribution in [0.5, 0.6) is 0 Å². The van der Waals surface area contributed by atoms with E-state index in [0.717, 1.165) is 19.4 Å². The number of nitrogens with one attached hydrogen (secondary N) is 1. The summed E-state index contributed by atoms with van der Waals surface area (Å²) < 4.78 is 6.53. The van der Waals surface area contributed by atoms with Gasteiger partial charge >= 0.3 is 0 Å². The molecule has 1 aliphatic heterocycles. The number of rotatable bonds is 2. The van der Waals surface area contributed by atoms with Crippen molar-refractivity contribution in [2.24, 2.45) is 5.41 Å². The van der Waals surface area contributed by atoms with E-state index in [0.29, 0.717) is 17.6 Å². The van der Waals surface area contributed by atoms with E-state index in [4.69, 9.17) is 4.74 Å². The van der Waals surface area contributed by atoms with Crippen molar-refractivity contribution in [1.82, 2.24) is 5.32 Å². The largest absolute Gasteiger partial charge is 0.368 e. The molecule has 0 aromatic rings. The Balaban J connectivity index is 2.15. The number of ether oxygens (including phenoxy) is 1. The lowest BCUT2D eigenvalue weighted by Gasteiger charge is -2.53. The van der Waals surface area contributed by atoms with Crippen molar-refractivity contribution in [3.63, 3.8) is 0 Å². The SMILES string of the molecule is CCC1(CC)CNC2CCCC(C)(C)C2O1. The second kappa shape index (κ2) is 4.30. The minimum Gasteiger partial charge on any atom is -0.368 e. The van der Waals surface area contributed by atoms with E-state index in [1.165, 1.54) is 19.3 Å². The maximum absolute atomic E-state index is 6.53. The van der Waals surface area contributed by atoms with Crippen LogP contribution in [0, 0.1) is 5.41 Å². The molecule has 0 bridgehead atoms. The summed E-state index contributed by atoms with van der Waals surface area (Å²) >= 11 is 0. The van der Waals surface area contributed by atoms with Gasteiger partial charge in [-0.2, -0.15) is 0 Å². The molecule has 94 valence electrons. The normalized spacial score (nSPS) is 36.8. The summed E-state index contributed by atoms with van der Waals surface area (Å²) in [5.41, 5.74) is 0.432. The molecular formula is C14H27NO. The topological polar surface area (TPSA) is 21.3 Å². The predicted octanol–water partition coefficient (Wildman–Crippen LogP) is 3.11. The van der Waals surface area contributed by atoms with Crippen LogP contribution in [0.3, 0.4) is 0 Å². The van der Waals surface area contributed by atoms with Crippen LogP contribution in [-0.4, -0.2) is 24.3 Å². The van der Waals surface area contributed by atoms with Crippen molar-refractivity contribution in [1.29, 1.82) is 0 Å². The van der Waals surface area contributed by atoms with E-state index in [1.807, 2.05) is 0 Å². The fourth-order valence-corrected chi connectivity index (χ4v) is 3.36. The van der Waals surface area contributed by atoms with Crippen LogP contribution >= 0.6 is 0 Å². The Kier molecular flexibility index (Phi) is 3.33. The molecule has 0 aromatic carbocycles. The molecule has 16 heavy (non-hydrogen) atoms. The fraction of sp³-hybridized carbons (Fsp3) is 1.00. The Bertz CT molecular complexity index is 245. The van der Waals surface area contributed by atoms with E-state index in [2.05, 4.69) is 33.0 Å². The zero-order valence-corrected chi connectivity index (χ0v) is 11.3. The predicted molar refractivity (Wildman–Crippen MR) is 67.6 cm³/mol. The summed E-state index contributed by atoms with van der Waals surface area (Å²) in [5, 5.41) is 3.74. The molecule has 0 amide bonds. The first kappa shape index (κ1) is 12.4. The van der Waals surface area contributed by atoms with Gasteiger partial charge in [-0.1, -0.05) is 34.1 Å². The van der Waals surface area contributed by atoms with Gasteiger partial charge in [0.15, 0.2) is 0 Å². The van der Waals surface area contributed by atoms with Crippen molar-refractivity contribution in [2.75, 3.05) is 6.54 Å². The highest BCUT2D eigenvalue weighted by atomic mass is 16.5. The molecule has 2 fully saturated rings. The first-order valence-corrected chi connectivity index (χ1v) is 6.94. The van der Waals surface area contributed by atoms with Gasteiger partial charge in [0.2, 0.25) is 0 Å². The van der Waals surface area contributed by atoms with Gasteiger partial charge < -0.3 is 10.1 Å². The molecule has 1 saturated heterocycles. The summed E-state index contributed by atoms with van der Waals surface area (Å²) in [4.78, 5) is 0. The zero-order valence-electron chi connectivity index (χ0n) is 11.3. The van der Waals surface area contributed by atoms with Crippen molar-refractivity contribution >= 4 is 0 Å². The summed E-state index contributed by atoms with van der Waals surface area (Å²) in [5.74, 6) is 0. The lowest BCUT2D eigenvalue weighted by atomic mass is 9.71. The molecule has 2 aliphatic rings. The minimum atomic E-state index is 0.0930. The van der Waals surface area contributed by atoms with E-state index in [-0.39, 0.29) is 5.60 Å². The molecule has 2 nitrogen and oxygen atoms in total. The van der Waals surface area contributed by atoms with Gasteiger partial charge in [0.05, 0.1) is 11.7 Å². The number of morpholine rings is 1. The average molecular weight is 225 g/mol. The molecule has 1 N–H and O–H groups in total. The smallest absolute Gasteiger partial charge is 0.0806 e. The average Bonchev–Trinajstić information content (AvgIpc) is 2.29. The van der Waals surface area contributed by atoms with Crippen LogP contribution < -0.4 is 5.32 Å². The van der Waals surface area contributed by atoms with E-state index >= 15 is 0 Å². The molecule has 0 radical (unpaired) electrons. The Labute approximate surface area is 100 Å². The molecule has 2 unspecified atom stereocenters. The van der Waals surface area contributed by atoms with Gasteiger partial charge in [0.25, 0.3) is 0 Å². The summed E-state index contributed by atoms with van der Waals surface area (Å²) in [7, 11) is 0. The third-order valence-corrected chi connectivity index (χ3v) is 4.82. The number of hydrogen-bond donors (Lipinski definition) is 1. The fourth-order valence-electron chi connectivity index (χ4n) is 3.36. The van der Waals surface area contributed by atoms with Crippen LogP contribution in [0.1, 0.15) is 59.8 Å². The molecule has 0 aromatic heterocycles. The summed E-state index contributed by atoms with van der Waals surface area (Å²) in [6, 6.07) is 0.593. The molecular weight excluding hydrogens is 198 g/mol. The van der Waals surface area contributed by atoms with Crippen LogP contribution in [0.15, 0.2) is 0 Å². The Hall–Kier alpha value is -0.0800.